The molecular weight excluding hydrogens is 306 g/mol. The first-order valence-electron chi connectivity index (χ1n) is 1.89. The summed E-state index contributed by atoms with van der Waals surface area (Å²) in [4.78, 5) is 8.54. The molecule has 0 saturated heterocycles. The van der Waals surface area contributed by atoms with Crippen molar-refractivity contribution in [1.82, 2.24) is 0 Å². The molecule has 0 fully saturated rings. The average molecular weight is 311 g/mol. The summed E-state index contributed by atoms with van der Waals surface area (Å²) in [5.74, 6) is -0.898. The van der Waals surface area contributed by atoms with Crippen molar-refractivity contribution in [3.05, 3.63) is 0 Å². The second-order valence-corrected chi connectivity index (χ2v) is 7.96. The Hall–Kier alpha value is -0.494. The van der Waals surface area contributed by atoms with E-state index in [2.05, 4.69) is 0 Å². The van der Waals surface area contributed by atoms with Crippen molar-refractivity contribution in [2.45, 2.75) is 11.9 Å². The zero-order valence-electron chi connectivity index (χ0n) is 4.60. The van der Waals surface area contributed by atoms with Crippen molar-refractivity contribution in [2.24, 2.45) is 0 Å². The quantitative estimate of drug-likeness (QED) is 0.720. The van der Waals surface area contributed by atoms with Gasteiger partial charge in [0, 0.05) is 0 Å². The molecule has 9 heavy (non-hydrogen) atoms. The van der Waals surface area contributed by atoms with Gasteiger partial charge in [-0.25, -0.2) is 0 Å². The molecule has 0 aromatic heterocycles. The van der Waals surface area contributed by atoms with Gasteiger partial charge in [0.05, 0.1) is 0 Å². The minimum absolute atomic E-state index is 0.885. The molecule has 0 spiro atoms. The van der Waals surface area contributed by atoms with Crippen LogP contribution < -0.4 is 0 Å². The molecule has 0 aliphatic carbocycles. The fraction of sp³-hybridized carbons (Fsp3) is 0.667. The number of hydrogen-bond acceptors (Lipinski definition) is 5. The van der Waals surface area contributed by atoms with E-state index < -0.39 is 24.4 Å². The second-order valence-electron chi connectivity index (χ2n) is 1.59. The van der Waals surface area contributed by atoms with Crippen LogP contribution in [0.3, 0.4) is 0 Å². The van der Waals surface area contributed by atoms with Gasteiger partial charge in [-0.05, 0) is 0 Å². The molecule has 55 valence electrons. The van der Waals surface area contributed by atoms with E-state index in [9.17, 15) is 19.0 Å². The molecule has 5 nitrogen and oxygen atoms in total. The number of Topliss-reactive ketones (excluding diaryl/α,β-unsaturated/α-hetero) is 1. The zero-order valence-corrected chi connectivity index (χ0v) is 7.14. The molecule has 0 heterocycles. The summed E-state index contributed by atoms with van der Waals surface area (Å²) in [5, 5.41) is 0. The minimum atomic E-state index is -7.18. The van der Waals surface area contributed by atoms with Crippen LogP contribution in [0.4, 0.5) is 0 Å². The predicted molar refractivity (Wildman–Crippen MR) is 18.2 cm³/mol. The number of carbonyl (C=O) groups excluding carboxylic acids is 1. The molecule has 0 amide bonds. The van der Waals surface area contributed by atoms with Crippen LogP contribution in [0.5, 0.6) is 0 Å². The van der Waals surface area contributed by atoms with E-state index in [-0.39, 0.29) is 0 Å². The monoisotopic (exact) mass is 313 g/mol. The van der Waals surface area contributed by atoms with Crippen LogP contribution in [-0.2, 0) is 32.6 Å². The number of rotatable bonds is 2. The van der Waals surface area contributed by atoms with E-state index in [0.29, 0.717) is 0 Å². The molecule has 0 rings (SSSR count). The molecule has 0 unspecified atom stereocenters. The van der Waals surface area contributed by atoms with Crippen LogP contribution in [0.1, 0.15) is 6.92 Å². The molecule has 6 heteroatoms. The standard InChI is InChI=1S/C3H5O.4O.Os/c1-3(2)4;;;;;/h1H2,2H3;;;;;. The summed E-state index contributed by atoms with van der Waals surface area (Å²) in [7, 11) is 0. The van der Waals surface area contributed by atoms with Crippen molar-refractivity contribution in [2.75, 3.05) is 0 Å². The van der Waals surface area contributed by atoms with E-state index in [0.717, 1.165) is 6.92 Å². The SMILES string of the molecule is CC(=O)[CH2][Os](=[O])(=[O])(=[O])=[O]. The van der Waals surface area contributed by atoms with Crippen LogP contribution in [0.25, 0.3) is 0 Å². The van der Waals surface area contributed by atoms with Gasteiger partial charge in [-0.2, -0.15) is 0 Å². The van der Waals surface area contributed by atoms with Crippen molar-refractivity contribution >= 4 is 5.78 Å². The number of carbonyl (C=O) groups is 1. The first kappa shape index (κ1) is 8.51. The van der Waals surface area contributed by atoms with Crippen molar-refractivity contribution in [3.8, 4) is 0 Å². The Balaban J connectivity index is 4.94. The first-order valence-corrected chi connectivity index (χ1v) is 7.83. The molecule has 0 bridgehead atoms. The fourth-order valence-electron chi connectivity index (χ4n) is 0.287. The molecule has 0 aromatic rings. The summed E-state index contributed by atoms with van der Waals surface area (Å²) < 4.78 is 39.2. The van der Waals surface area contributed by atoms with E-state index in [1.54, 1.807) is 0 Å². The van der Waals surface area contributed by atoms with Crippen molar-refractivity contribution in [3.63, 3.8) is 0 Å². The molecule has 0 radical (unpaired) electrons. The van der Waals surface area contributed by atoms with Crippen LogP contribution >= 0.6 is 0 Å². The topological polar surface area (TPSA) is 85.3 Å². The van der Waals surface area contributed by atoms with Crippen molar-refractivity contribution < 1.29 is 32.6 Å². The van der Waals surface area contributed by atoms with Crippen LogP contribution in [-0.4, -0.2) is 5.78 Å². The van der Waals surface area contributed by atoms with E-state index in [1.807, 2.05) is 0 Å². The van der Waals surface area contributed by atoms with Gasteiger partial charge in [0.2, 0.25) is 0 Å². The molecular formula is C3H5O5Os. The third kappa shape index (κ3) is 7.51. The van der Waals surface area contributed by atoms with Gasteiger partial charge in [-0.3, -0.25) is 0 Å². The summed E-state index contributed by atoms with van der Waals surface area (Å²) in [5.41, 5.74) is 0. The maximum absolute atomic E-state index is 9.91. The van der Waals surface area contributed by atoms with Crippen LogP contribution in [0, 0.1) is 0 Å². The zero-order chi connectivity index (χ0) is 7.73. The van der Waals surface area contributed by atoms with Crippen LogP contribution in [0.2, 0.25) is 4.98 Å². The van der Waals surface area contributed by atoms with Crippen molar-refractivity contribution in [1.29, 1.82) is 0 Å². The molecule has 0 atom stereocenters. The number of ketones is 1. The van der Waals surface area contributed by atoms with Gasteiger partial charge in [0.1, 0.15) is 0 Å². The Labute approximate surface area is 50.9 Å². The van der Waals surface area contributed by atoms with E-state index >= 15 is 0 Å². The summed E-state index contributed by atoms with van der Waals surface area (Å²) in [6, 6.07) is 0. The maximum atomic E-state index is 9.91. The van der Waals surface area contributed by atoms with Gasteiger partial charge in [-0.15, -0.1) is 0 Å². The molecule has 0 aliphatic heterocycles. The fourth-order valence-corrected chi connectivity index (χ4v) is 2.35. The Morgan fingerprint density at radius 1 is 1.22 bits per heavy atom. The van der Waals surface area contributed by atoms with E-state index in [1.165, 1.54) is 0 Å². The van der Waals surface area contributed by atoms with Gasteiger partial charge in [0.25, 0.3) is 0 Å². The summed E-state index contributed by atoms with van der Waals surface area (Å²) in [6.07, 6.45) is 0. The third-order valence-corrected chi connectivity index (χ3v) is 3.11. The Morgan fingerprint density at radius 3 is 1.56 bits per heavy atom. The van der Waals surface area contributed by atoms with Crippen LogP contribution in [0.15, 0.2) is 0 Å². The molecule has 0 N–H and O–H groups in total. The van der Waals surface area contributed by atoms with Gasteiger partial charge < -0.3 is 0 Å². The van der Waals surface area contributed by atoms with E-state index in [4.69, 9.17) is 0 Å². The first-order chi connectivity index (χ1) is 3.67. The Bertz CT molecular complexity index is 333. The number of hydrogen-bond donors (Lipinski definition) is 0. The normalized spacial score (nSPS) is 15.9. The predicted octanol–water partition coefficient (Wildman–Crippen LogP) is 0.0653. The molecule has 0 aliphatic rings. The van der Waals surface area contributed by atoms with Gasteiger partial charge in [0.15, 0.2) is 0 Å². The Morgan fingerprint density at radius 2 is 1.56 bits per heavy atom. The van der Waals surface area contributed by atoms with Gasteiger partial charge >= 0.3 is 50.3 Å². The summed E-state index contributed by atoms with van der Waals surface area (Å²) in [6.45, 7) is 0.885. The summed E-state index contributed by atoms with van der Waals surface area (Å²) >= 11 is -7.18. The molecule has 0 saturated carbocycles. The third-order valence-electron chi connectivity index (χ3n) is 0.380. The average Bonchev–Trinajstić information content (AvgIpc) is 1.16. The Kier molecular flexibility index (Phi) is 1.65. The van der Waals surface area contributed by atoms with Gasteiger partial charge in [-0.1, -0.05) is 0 Å². The molecule has 0 aromatic carbocycles. The second kappa shape index (κ2) is 1.74.